The van der Waals surface area contributed by atoms with Gasteiger partial charge in [-0.1, -0.05) is 17.7 Å². The van der Waals surface area contributed by atoms with E-state index in [4.69, 9.17) is 4.74 Å². The molecule has 4 aromatic rings. The molecule has 42 heavy (non-hydrogen) atoms. The number of aryl methyl sites for hydroxylation is 1. The van der Waals surface area contributed by atoms with Crippen molar-refractivity contribution in [3.05, 3.63) is 124 Å². The zero-order valence-corrected chi connectivity index (χ0v) is 24.5. The standard InChI is InChI=1S/C30H28N4O6S2/c1-22-3-9-25(10-4-22)33(42(38,39)29-17-15-28(41-2)16-18-29)20-30(35)32-31-19-23-7-13-27(14-8-23)40-21-24-5-11-26(12-6-24)34(36)37/h3-19H,20-21H2,1-2H3,(H,32,35)/b31-19-. The van der Waals surface area contributed by atoms with Crippen LogP contribution in [0.5, 0.6) is 5.75 Å². The van der Waals surface area contributed by atoms with Gasteiger partial charge in [0.1, 0.15) is 18.9 Å². The summed E-state index contributed by atoms with van der Waals surface area (Å²) in [4.78, 5) is 24.1. The molecule has 0 atom stereocenters. The summed E-state index contributed by atoms with van der Waals surface area (Å²) in [5.74, 6) is -0.0294. The molecule has 1 N–H and O–H groups in total. The Labute approximate surface area is 248 Å². The molecular formula is C30H28N4O6S2. The van der Waals surface area contributed by atoms with Crippen molar-refractivity contribution in [1.82, 2.24) is 5.43 Å². The second-order valence-corrected chi connectivity index (χ2v) is 11.8. The van der Waals surface area contributed by atoms with Crippen LogP contribution in [0.15, 0.2) is 112 Å². The van der Waals surface area contributed by atoms with Crippen LogP contribution in [-0.4, -0.2) is 38.3 Å². The first-order chi connectivity index (χ1) is 20.2. The summed E-state index contributed by atoms with van der Waals surface area (Å²) in [7, 11) is -4.03. The normalized spacial score (nSPS) is 11.3. The van der Waals surface area contributed by atoms with Crippen molar-refractivity contribution in [2.75, 3.05) is 17.1 Å². The molecule has 0 radical (unpaired) electrons. The van der Waals surface area contributed by atoms with Crippen molar-refractivity contribution >= 4 is 45.3 Å². The number of carbonyl (C=O) groups is 1. The van der Waals surface area contributed by atoms with E-state index in [1.54, 1.807) is 72.8 Å². The van der Waals surface area contributed by atoms with Gasteiger partial charge in [-0.15, -0.1) is 11.8 Å². The maximum absolute atomic E-state index is 13.5. The van der Waals surface area contributed by atoms with E-state index in [2.05, 4.69) is 10.5 Å². The largest absolute Gasteiger partial charge is 0.489 e. The smallest absolute Gasteiger partial charge is 0.269 e. The maximum atomic E-state index is 13.5. The van der Waals surface area contributed by atoms with E-state index in [1.807, 2.05) is 13.2 Å². The number of nitro groups is 1. The number of nitro benzene ring substituents is 1. The maximum Gasteiger partial charge on any atom is 0.269 e. The number of non-ortho nitro benzene ring substituents is 1. The highest BCUT2D eigenvalue weighted by Crippen LogP contribution is 2.26. The Bertz CT molecular complexity index is 1660. The Morgan fingerprint density at radius 2 is 1.62 bits per heavy atom. The number of anilines is 1. The van der Waals surface area contributed by atoms with Gasteiger partial charge < -0.3 is 4.74 Å². The lowest BCUT2D eigenvalue weighted by Gasteiger charge is -2.24. The van der Waals surface area contributed by atoms with Gasteiger partial charge in [0, 0.05) is 17.0 Å². The Kier molecular flexibility index (Phi) is 9.94. The average molecular weight is 605 g/mol. The van der Waals surface area contributed by atoms with E-state index in [0.717, 1.165) is 20.3 Å². The van der Waals surface area contributed by atoms with Crippen molar-refractivity contribution in [2.45, 2.75) is 23.3 Å². The van der Waals surface area contributed by atoms with E-state index in [-0.39, 0.29) is 17.2 Å². The molecule has 12 heteroatoms. The number of nitrogens with zero attached hydrogens (tertiary/aromatic N) is 3. The average Bonchev–Trinajstić information content (AvgIpc) is 3.00. The zero-order chi connectivity index (χ0) is 30.1. The molecule has 0 saturated heterocycles. The second kappa shape index (κ2) is 13.8. The van der Waals surface area contributed by atoms with Crippen molar-refractivity contribution in [1.29, 1.82) is 0 Å². The van der Waals surface area contributed by atoms with Gasteiger partial charge in [0.25, 0.3) is 21.6 Å². The van der Waals surface area contributed by atoms with Gasteiger partial charge in [-0.3, -0.25) is 19.2 Å². The lowest BCUT2D eigenvalue weighted by atomic mass is 10.2. The number of carbonyl (C=O) groups excluding carboxylic acids is 1. The predicted molar refractivity (Wildman–Crippen MR) is 164 cm³/mol. The van der Waals surface area contributed by atoms with Crippen molar-refractivity contribution in [3.8, 4) is 5.75 Å². The zero-order valence-electron chi connectivity index (χ0n) is 22.8. The lowest BCUT2D eigenvalue weighted by Crippen LogP contribution is -2.39. The van der Waals surface area contributed by atoms with Crippen LogP contribution >= 0.6 is 11.8 Å². The summed E-state index contributed by atoms with van der Waals surface area (Å²) >= 11 is 1.50. The first-order valence-electron chi connectivity index (χ1n) is 12.7. The second-order valence-electron chi connectivity index (χ2n) is 9.10. The highest BCUT2D eigenvalue weighted by Gasteiger charge is 2.27. The van der Waals surface area contributed by atoms with Crippen LogP contribution in [0.25, 0.3) is 0 Å². The Morgan fingerprint density at radius 3 is 2.21 bits per heavy atom. The van der Waals surface area contributed by atoms with Gasteiger partial charge in [0.05, 0.1) is 21.7 Å². The van der Waals surface area contributed by atoms with Crippen molar-refractivity contribution in [3.63, 3.8) is 0 Å². The number of benzene rings is 4. The fourth-order valence-electron chi connectivity index (χ4n) is 3.78. The summed E-state index contributed by atoms with van der Waals surface area (Å²) in [6.07, 6.45) is 3.34. The number of thioether (sulfide) groups is 1. The van der Waals surface area contributed by atoms with Gasteiger partial charge in [-0.05, 0) is 97.1 Å². The SMILES string of the molecule is CSc1ccc(S(=O)(=O)N(CC(=O)N/N=C\c2ccc(OCc3ccc([N+](=O)[O-])cc3)cc2)c2ccc(C)cc2)cc1. The minimum absolute atomic E-state index is 0.0138. The minimum atomic E-state index is -4.03. The number of hydrogen-bond acceptors (Lipinski definition) is 8. The number of ether oxygens (including phenoxy) is 1. The van der Waals surface area contributed by atoms with Gasteiger partial charge in [-0.2, -0.15) is 5.10 Å². The number of rotatable bonds is 12. The number of sulfonamides is 1. The third-order valence-corrected chi connectivity index (χ3v) is 8.62. The van der Waals surface area contributed by atoms with Crippen LogP contribution in [0.4, 0.5) is 11.4 Å². The van der Waals surface area contributed by atoms with E-state index >= 15 is 0 Å². The van der Waals surface area contributed by atoms with E-state index in [1.165, 1.54) is 42.2 Å². The molecule has 0 aliphatic carbocycles. The molecule has 1 amide bonds. The summed E-state index contributed by atoms with van der Waals surface area (Å²) in [6.45, 7) is 1.66. The highest BCUT2D eigenvalue weighted by atomic mass is 32.2. The molecular weight excluding hydrogens is 576 g/mol. The van der Waals surface area contributed by atoms with Gasteiger partial charge in [0.15, 0.2) is 0 Å². The first-order valence-corrected chi connectivity index (χ1v) is 15.3. The Balaban J connectivity index is 1.38. The highest BCUT2D eigenvalue weighted by molar-refractivity contribution is 7.98. The quantitative estimate of drug-likeness (QED) is 0.0971. The topological polar surface area (TPSA) is 131 Å². The summed E-state index contributed by atoms with van der Waals surface area (Å²) < 4.78 is 33.8. The molecule has 0 saturated carbocycles. The number of hydrogen-bond donors (Lipinski definition) is 1. The molecule has 4 rings (SSSR count). The molecule has 0 aliphatic rings. The Morgan fingerprint density at radius 1 is 0.976 bits per heavy atom. The van der Waals surface area contributed by atoms with Crippen LogP contribution in [0.1, 0.15) is 16.7 Å². The van der Waals surface area contributed by atoms with Gasteiger partial charge in [-0.25, -0.2) is 13.8 Å². The van der Waals surface area contributed by atoms with Crippen molar-refractivity contribution < 1.29 is 22.9 Å². The molecule has 10 nitrogen and oxygen atoms in total. The molecule has 4 aromatic carbocycles. The number of hydrazone groups is 1. The Hall–Kier alpha value is -4.68. The molecule has 0 unspecified atom stereocenters. The van der Waals surface area contributed by atoms with Crippen LogP contribution in [0.3, 0.4) is 0 Å². The molecule has 216 valence electrons. The van der Waals surface area contributed by atoms with Gasteiger partial charge >= 0.3 is 0 Å². The number of nitrogens with one attached hydrogen (secondary N) is 1. The third-order valence-electron chi connectivity index (χ3n) is 6.09. The van der Waals surface area contributed by atoms with Crippen LogP contribution in [-0.2, 0) is 21.4 Å². The summed E-state index contributed by atoms with van der Waals surface area (Å²) in [5, 5.41) is 14.8. The molecule has 0 aliphatic heterocycles. The van der Waals surface area contributed by atoms with Crippen LogP contribution in [0, 0.1) is 17.0 Å². The number of amides is 1. The lowest BCUT2D eigenvalue weighted by molar-refractivity contribution is -0.384. The molecule has 0 heterocycles. The molecule has 0 fully saturated rings. The fraction of sp³-hybridized carbons (Fsp3) is 0.133. The molecule has 0 bridgehead atoms. The van der Waals surface area contributed by atoms with Crippen LogP contribution in [0.2, 0.25) is 0 Å². The van der Waals surface area contributed by atoms with E-state index in [0.29, 0.717) is 17.0 Å². The summed E-state index contributed by atoms with van der Waals surface area (Å²) in [5.41, 5.74) is 5.19. The summed E-state index contributed by atoms with van der Waals surface area (Å²) in [6, 6.07) is 26.4. The van der Waals surface area contributed by atoms with E-state index in [9.17, 15) is 23.3 Å². The first kappa shape index (κ1) is 30.3. The van der Waals surface area contributed by atoms with Crippen molar-refractivity contribution in [2.24, 2.45) is 5.10 Å². The minimum Gasteiger partial charge on any atom is -0.489 e. The molecule has 0 aromatic heterocycles. The third kappa shape index (κ3) is 7.95. The van der Waals surface area contributed by atoms with Crippen LogP contribution < -0.4 is 14.5 Å². The van der Waals surface area contributed by atoms with Gasteiger partial charge in [0.2, 0.25) is 0 Å². The van der Waals surface area contributed by atoms with E-state index < -0.39 is 27.4 Å². The monoisotopic (exact) mass is 604 g/mol. The fourth-order valence-corrected chi connectivity index (χ4v) is 5.61. The molecule has 0 spiro atoms. The predicted octanol–water partition coefficient (Wildman–Crippen LogP) is 5.55.